The standard InChI is InChI=1S/C17H25N5O2/c1-2-18-19-11-14-6-8-16(9-7-14)22-12-15(20-21-22)13-24-17-5-3-4-10-23-17/h6-9,12,17-19H,2-5,10-11,13H2,1H3. The monoisotopic (exact) mass is 331 g/mol. The van der Waals surface area contributed by atoms with E-state index in [-0.39, 0.29) is 6.29 Å². The molecule has 1 aromatic carbocycles. The summed E-state index contributed by atoms with van der Waals surface area (Å²) in [5, 5.41) is 8.34. The Hall–Kier alpha value is -1.80. The molecular weight excluding hydrogens is 306 g/mol. The Morgan fingerprint density at radius 2 is 2.12 bits per heavy atom. The number of benzene rings is 1. The smallest absolute Gasteiger partial charge is 0.158 e. The molecule has 3 rings (SSSR count). The van der Waals surface area contributed by atoms with E-state index in [2.05, 4.69) is 40.2 Å². The Morgan fingerprint density at radius 3 is 2.88 bits per heavy atom. The van der Waals surface area contributed by atoms with Crippen LogP contribution in [-0.2, 0) is 22.6 Å². The van der Waals surface area contributed by atoms with Gasteiger partial charge in [0.2, 0.25) is 0 Å². The summed E-state index contributed by atoms with van der Waals surface area (Å²) in [6.45, 7) is 4.95. The summed E-state index contributed by atoms with van der Waals surface area (Å²) in [5.41, 5.74) is 9.23. The van der Waals surface area contributed by atoms with Crippen LogP contribution in [0, 0.1) is 0 Å². The number of hydrogen-bond acceptors (Lipinski definition) is 6. The van der Waals surface area contributed by atoms with Gasteiger partial charge in [-0.1, -0.05) is 24.3 Å². The van der Waals surface area contributed by atoms with Crippen LogP contribution in [0.1, 0.15) is 37.4 Å². The van der Waals surface area contributed by atoms with E-state index in [0.717, 1.165) is 50.3 Å². The highest BCUT2D eigenvalue weighted by Gasteiger charge is 2.14. The molecule has 2 N–H and O–H groups in total. The normalized spacial score (nSPS) is 18.0. The maximum Gasteiger partial charge on any atom is 0.158 e. The fraction of sp³-hybridized carbons (Fsp3) is 0.529. The van der Waals surface area contributed by atoms with E-state index >= 15 is 0 Å². The van der Waals surface area contributed by atoms with Crippen LogP contribution in [0.25, 0.3) is 5.69 Å². The van der Waals surface area contributed by atoms with Crippen LogP contribution in [0.2, 0.25) is 0 Å². The van der Waals surface area contributed by atoms with Crippen molar-refractivity contribution >= 4 is 0 Å². The van der Waals surface area contributed by atoms with Gasteiger partial charge >= 0.3 is 0 Å². The van der Waals surface area contributed by atoms with Crippen LogP contribution in [-0.4, -0.2) is 34.4 Å². The summed E-state index contributed by atoms with van der Waals surface area (Å²) in [6, 6.07) is 8.22. The van der Waals surface area contributed by atoms with E-state index in [1.807, 2.05) is 18.3 Å². The zero-order valence-electron chi connectivity index (χ0n) is 14.1. The number of nitrogens with zero attached hydrogens (tertiary/aromatic N) is 3. The summed E-state index contributed by atoms with van der Waals surface area (Å²) in [6.07, 6.45) is 5.03. The number of hydrogen-bond donors (Lipinski definition) is 2. The number of nitrogens with one attached hydrogen (secondary N) is 2. The maximum absolute atomic E-state index is 5.74. The van der Waals surface area contributed by atoms with Crippen LogP contribution in [0.5, 0.6) is 0 Å². The van der Waals surface area contributed by atoms with Gasteiger partial charge in [0.25, 0.3) is 0 Å². The molecule has 0 spiro atoms. The molecule has 1 aromatic heterocycles. The van der Waals surface area contributed by atoms with Crippen LogP contribution in [0.15, 0.2) is 30.5 Å². The molecule has 0 aliphatic carbocycles. The van der Waals surface area contributed by atoms with Gasteiger partial charge in [-0.25, -0.2) is 4.68 Å². The summed E-state index contributed by atoms with van der Waals surface area (Å²) < 4.78 is 13.1. The lowest BCUT2D eigenvalue weighted by atomic mass is 10.2. The first-order valence-corrected chi connectivity index (χ1v) is 8.54. The Balaban J connectivity index is 1.52. The number of rotatable bonds is 8. The van der Waals surface area contributed by atoms with Gasteiger partial charge in [-0.2, -0.15) is 0 Å². The second-order valence-electron chi connectivity index (χ2n) is 5.81. The van der Waals surface area contributed by atoms with E-state index in [1.54, 1.807) is 4.68 Å². The highest BCUT2D eigenvalue weighted by molar-refractivity contribution is 5.33. The van der Waals surface area contributed by atoms with Crippen LogP contribution in [0.4, 0.5) is 0 Å². The summed E-state index contributed by atoms with van der Waals surface area (Å²) in [7, 11) is 0. The molecule has 7 nitrogen and oxygen atoms in total. The molecule has 2 heterocycles. The van der Waals surface area contributed by atoms with Crippen molar-refractivity contribution < 1.29 is 9.47 Å². The SMILES string of the molecule is CCNNCc1ccc(-n2cc(COC3CCCCO3)nn2)cc1. The lowest BCUT2D eigenvalue weighted by molar-refractivity contribution is -0.169. The minimum Gasteiger partial charge on any atom is -0.353 e. The van der Waals surface area contributed by atoms with E-state index in [9.17, 15) is 0 Å². The molecule has 1 unspecified atom stereocenters. The highest BCUT2D eigenvalue weighted by Crippen LogP contribution is 2.15. The number of ether oxygens (including phenoxy) is 2. The predicted molar refractivity (Wildman–Crippen MR) is 90.3 cm³/mol. The molecule has 1 aliphatic rings. The van der Waals surface area contributed by atoms with Gasteiger partial charge in [0.05, 0.1) is 18.5 Å². The van der Waals surface area contributed by atoms with E-state index < -0.39 is 0 Å². The highest BCUT2D eigenvalue weighted by atomic mass is 16.7. The Morgan fingerprint density at radius 1 is 1.25 bits per heavy atom. The van der Waals surface area contributed by atoms with Gasteiger partial charge in [0.15, 0.2) is 6.29 Å². The van der Waals surface area contributed by atoms with Crippen molar-refractivity contribution in [3.63, 3.8) is 0 Å². The zero-order chi connectivity index (χ0) is 16.6. The third kappa shape index (κ3) is 4.85. The average molecular weight is 331 g/mol. The third-order valence-electron chi connectivity index (χ3n) is 3.89. The largest absolute Gasteiger partial charge is 0.353 e. The first kappa shape index (κ1) is 17.0. The van der Waals surface area contributed by atoms with Crippen molar-refractivity contribution in [3.05, 3.63) is 41.7 Å². The Bertz CT molecular complexity index is 608. The van der Waals surface area contributed by atoms with E-state index in [0.29, 0.717) is 6.61 Å². The van der Waals surface area contributed by atoms with Crippen LogP contribution in [0.3, 0.4) is 0 Å². The van der Waals surface area contributed by atoms with Gasteiger partial charge < -0.3 is 9.47 Å². The molecule has 130 valence electrons. The van der Waals surface area contributed by atoms with Gasteiger partial charge in [-0.05, 0) is 37.0 Å². The molecule has 1 aliphatic heterocycles. The van der Waals surface area contributed by atoms with Gasteiger partial charge in [-0.15, -0.1) is 5.10 Å². The molecule has 0 bridgehead atoms. The van der Waals surface area contributed by atoms with Crippen molar-refractivity contribution in [2.24, 2.45) is 0 Å². The minimum absolute atomic E-state index is 0.104. The summed E-state index contributed by atoms with van der Waals surface area (Å²) >= 11 is 0. The summed E-state index contributed by atoms with van der Waals surface area (Å²) in [5.74, 6) is 0. The second kappa shape index (κ2) is 8.89. The molecule has 7 heteroatoms. The molecule has 0 radical (unpaired) electrons. The van der Waals surface area contributed by atoms with Gasteiger partial charge in [-0.3, -0.25) is 10.9 Å². The van der Waals surface area contributed by atoms with Gasteiger partial charge in [0.1, 0.15) is 5.69 Å². The first-order valence-electron chi connectivity index (χ1n) is 8.54. The second-order valence-corrected chi connectivity index (χ2v) is 5.81. The lowest BCUT2D eigenvalue weighted by Gasteiger charge is -2.22. The molecule has 0 saturated carbocycles. The molecule has 0 amide bonds. The van der Waals surface area contributed by atoms with Gasteiger partial charge in [0, 0.05) is 19.7 Å². The fourth-order valence-corrected chi connectivity index (χ4v) is 2.57. The minimum atomic E-state index is -0.104. The topological polar surface area (TPSA) is 73.2 Å². The van der Waals surface area contributed by atoms with E-state index in [4.69, 9.17) is 9.47 Å². The maximum atomic E-state index is 5.74. The molecule has 24 heavy (non-hydrogen) atoms. The molecule has 2 aromatic rings. The molecule has 1 fully saturated rings. The lowest BCUT2D eigenvalue weighted by Crippen LogP contribution is -2.30. The van der Waals surface area contributed by atoms with Crippen molar-refractivity contribution in [2.75, 3.05) is 13.2 Å². The first-order chi connectivity index (χ1) is 11.8. The number of aromatic nitrogens is 3. The molecule has 1 saturated heterocycles. The number of hydrazine groups is 1. The van der Waals surface area contributed by atoms with Crippen molar-refractivity contribution in [2.45, 2.75) is 45.6 Å². The third-order valence-corrected chi connectivity index (χ3v) is 3.89. The fourth-order valence-electron chi connectivity index (χ4n) is 2.57. The van der Waals surface area contributed by atoms with Crippen molar-refractivity contribution in [1.29, 1.82) is 0 Å². The van der Waals surface area contributed by atoms with Crippen LogP contribution >= 0.6 is 0 Å². The molecule has 1 atom stereocenters. The Kier molecular flexibility index (Phi) is 6.31. The van der Waals surface area contributed by atoms with E-state index in [1.165, 1.54) is 5.56 Å². The zero-order valence-corrected chi connectivity index (χ0v) is 14.1. The predicted octanol–water partition coefficient (Wildman–Crippen LogP) is 1.92. The van der Waals surface area contributed by atoms with Crippen molar-refractivity contribution in [3.8, 4) is 5.69 Å². The van der Waals surface area contributed by atoms with Crippen molar-refractivity contribution in [1.82, 2.24) is 25.8 Å². The summed E-state index contributed by atoms with van der Waals surface area (Å²) in [4.78, 5) is 0. The average Bonchev–Trinajstić information content (AvgIpc) is 3.11. The van der Waals surface area contributed by atoms with Crippen LogP contribution < -0.4 is 10.9 Å². The molecular formula is C17H25N5O2. The Labute approximate surface area is 142 Å². The quantitative estimate of drug-likeness (QED) is 0.569.